The summed E-state index contributed by atoms with van der Waals surface area (Å²) in [5, 5.41) is 6.09. The van der Waals surface area contributed by atoms with Crippen LogP contribution in [0.5, 0.6) is 0 Å². The first-order chi connectivity index (χ1) is 10.1. The fraction of sp³-hybridized carbons (Fsp3) is 0.467. The van der Waals surface area contributed by atoms with E-state index in [1.54, 1.807) is 24.3 Å². The molecule has 1 unspecified atom stereocenters. The maximum atomic E-state index is 12.1. The number of likely N-dealkylation sites (N-methyl/N-ethyl adjacent to an activating group) is 1. The molecule has 1 aromatic carbocycles. The number of primary amides is 1. The van der Waals surface area contributed by atoms with E-state index < -0.39 is 5.91 Å². The molecule has 0 spiro atoms. The molecule has 1 saturated heterocycles. The Balaban J connectivity index is 1.94. The minimum atomic E-state index is -0.546. The Hall–Kier alpha value is -1.92. The van der Waals surface area contributed by atoms with Gasteiger partial charge in [0.15, 0.2) is 0 Å². The molecule has 0 saturated carbocycles. The molecule has 1 fully saturated rings. The SMILES string of the molecule is CN(CC(=O)Nc1ccccc1C(N)=O)C1CCCNC1. The van der Waals surface area contributed by atoms with Gasteiger partial charge < -0.3 is 16.4 Å². The highest BCUT2D eigenvalue weighted by Gasteiger charge is 2.20. The molecular formula is C15H22N4O2. The normalized spacial score (nSPS) is 18.5. The van der Waals surface area contributed by atoms with Crippen LogP contribution < -0.4 is 16.4 Å². The predicted octanol–water partition coefficient (Wildman–Crippen LogP) is 0.408. The lowest BCUT2D eigenvalue weighted by atomic mass is 10.1. The van der Waals surface area contributed by atoms with Gasteiger partial charge in [0.1, 0.15) is 0 Å². The first-order valence-corrected chi connectivity index (χ1v) is 7.17. The van der Waals surface area contributed by atoms with E-state index >= 15 is 0 Å². The Morgan fingerprint density at radius 1 is 1.43 bits per heavy atom. The number of hydrogen-bond acceptors (Lipinski definition) is 4. The highest BCUT2D eigenvalue weighted by Crippen LogP contribution is 2.14. The number of para-hydroxylation sites is 1. The number of carbonyl (C=O) groups is 2. The van der Waals surface area contributed by atoms with E-state index in [1.807, 2.05) is 11.9 Å². The van der Waals surface area contributed by atoms with Crippen LogP contribution in [0.1, 0.15) is 23.2 Å². The predicted molar refractivity (Wildman–Crippen MR) is 82.1 cm³/mol. The van der Waals surface area contributed by atoms with Crippen LogP contribution >= 0.6 is 0 Å². The Morgan fingerprint density at radius 3 is 2.86 bits per heavy atom. The van der Waals surface area contributed by atoms with Gasteiger partial charge in [-0.05, 0) is 38.6 Å². The van der Waals surface area contributed by atoms with Crippen molar-refractivity contribution >= 4 is 17.5 Å². The molecule has 0 radical (unpaired) electrons. The average Bonchev–Trinajstić information content (AvgIpc) is 2.48. The van der Waals surface area contributed by atoms with Gasteiger partial charge in [-0.25, -0.2) is 0 Å². The van der Waals surface area contributed by atoms with Crippen LogP contribution in [0.2, 0.25) is 0 Å². The van der Waals surface area contributed by atoms with Gasteiger partial charge in [-0.2, -0.15) is 0 Å². The summed E-state index contributed by atoms with van der Waals surface area (Å²) >= 11 is 0. The Morgan fingerprint density at radius 2 is 2.19 bits per heavy atom. The summed E-state index contributed by atoms with van der Waals surface area (Å²) in [6.07, 6.45) is 2.22. The molecule has 114 valence electrons. The summed E-state index contributed by atoms with van der Waals surface area (Å²) in [5.74, 6) is -0.687. The van der Waals surface area contributed by atoms with Crippen molar-refractivity contribution in [1.82, 2.24) is 10.2 Å². The molecule has 6 nitrogen and oxygen atoms in total. The van der Waals surface area contributed by atoms with Gasteiger partial charge in [-0.15, -0.1) is 0 Å². The number of nitrogens with zero attached hydrogens (tertiary/aromatic N) is 1. The number of carbonyl (C=O) groups excluding carboxylic acids is 2. The fourth-order valence-corrected chi connectivity index (χ4v) is 2.56. The molecule has 0 aliphatic carbocycles. The fourth-order valence-electron chi connectivity index (χ4n) is 2.56. The first-order valence-electron chi connectivity index (χ1n) is 7.17. The first kappa shape index (κ1) is 15.5. The molecule has 1 atom stereocenters. The van der Waals surface area contributed by atoms with E-state index in [4.69, 9.17) is 5.73 Å². The number of piperidine rings is 1. The van der Waals surface area contributed by atoms with Crippen LogP contribution in [-0.4, -0.2) is 49.4 Å². The summed E-state index contributed by atoms with van der Waals surface area (Å²) < 4.78 is 0. The van der Waals surface area contributed by atoms with Crippen molar-refractivity contribution in [1.29, 1.82) is 0 Å². The number of rotatable bonds is 5. The Bertz CT molecular complexity index is 512. The van der Waals surface area contributed by atoms with Crippen LogP contribution in [-0.2, 0) is 4.79 Å². The second-order valence-corrected chi connectivity index (χ2v) is 5.37. The molecule has 1 aliphatic heterocycles. The number of hydrogen-bond donors (Lipinski definition) is 3. The zero-order valence-corrected chi connectivity index (χ0v) is 12.3. The minimum absolute atomic E-state index is 0.142. The third-order valence-corrected chi connectivity index (χ3v) is 3.75. The van der Waals surface area contributed by atoms with E-state index in [-0.39, 0.29) is 5.91 Å². The number of benzene rings is 1. The van der Waals surface area contributed by atoms with Crippen LogP contribution in [0.25, 0.3) is 0 Å². The number of nitrogens with two attached hydrogens (primary N) is 1. The molecule has 2 rings (SSSR count). The third-order valence-electron chi connectivity index (χ3n) is 3.75. The third kappa shape index (κ3) is 4.27. The quantitative estimate of drug-likeness (QED) is 0.733. The summed E-state index contributed by atoms with van der Waals surface area (Å²) in [4.78, 5) is 25.5. The molecule has 0 bridgehead atoms. The topological polar surface area (TPSA) is 87.5 Å². The summed E-state index contributed by atoms with van der Waals surface area (Å²) in [6.45, 7) is 2.24. The maximum absolute atomic E-state index is 12.1. The van der Waals surface area contributed by atoms with Crippen molar-refractivity contribution in [3.8, 4) is 0 Å². The second kappa shape index (κ2) is 7.19. The van der Waals surface area contributed by atoms with Gasteiger partial charge >= 0.3 is 0 Å². The van der Waals surface area contributed by atoms with E-state index in [0.717, 1.165) is 25.9 Å². The van der Waals surface area contributed by atoms with Gasteiger partial charge in [0.25, 0.3) is 5.91 Å². The van der Waals surface area contributed by atoms with Crippen LogP contribution in [0.3, 0.4) is 0 Å². The summed E-state index contributed by atoms with van der Waals surface area (Å²) in [7, 11) is 1.94. The molecule has 6 heteroatoms. The lowest BCUT2D eigenvalue weighted by Crippen LogP contribution is -2.46. The standard InChI is InChI=1S/C15H22N4O2/c1-19(11-5-4-8-17-9-11)10-14(20)18-13-7-3-2-6-12(13)15(16)21/h2-3,6-7,11,17H,4-5,8-10H2,1H3,(H2,16,21)(H,18,20). The van der Waals surface area contributed by atoms with E-state index in [2.05, 4.69) is 10.6 Å². The lowest BCUT2D eigenvalue weighted by molar-refractivity contribution is -0.117. The van der Waals surface area contributed by atoms with Crippen LogP contribution in [0.15, 0.2) is 24.3 Å². The average molecular weight is 290 g/mol. The van der Waals surface area contributed by atoms with Gasteiger partial charge in [0, 0.05) is 12.6 Å². The molecule has 21 heavy (non-hydrogen) atoms. The zero-order chi connectivity index (χ0) is 15.2. The van der Waals surface area contributed by atoms with Crippen molar-refractivity contribution in [3.05, 3.63) is 29.8 Å². The van der Waals surface area contributed by atoms with Crippen LogP contribution in [0, 0.1) is 0 Å². The molecule has 1 aromatic rings. The van der Waals surface area contributed by atoms with E-state index in [9.17, 15) is 9.59 Å². The smallest absolute Gasteiger partial charge is 0.250 e. The van der Waals surface area contributed by atoms with Crippen molar-refractivity contribution in [2.75, 3.05) is 32.0 Å². The van der Waals surface area contributed by atoms with Crippen molar-refractivity contribution in [2.45, 2.75) is 18.9 Å². The highest BCUT2D eigenvalue weighted by molar-refractivity contribution is 6.03. The molecule has 1 aliphatic rings. The Kier molecular flexibility index (Phi) is 5.30. The number of amides is 2. The van der Waals surface area contributed by atoms with E-state index in [1.165, 1.54) is 0 Å². The minimum Gasteiger partial charge on any atom is -0.366 e. The summed E-state index contributed by atoms with van der Waals surface area (Å²) in [6, 6.07) is 7.13. The largest absolute Gasteiger partial charge is 0.366 e. The summed E-state index contributed by atoms with van der Waals surface area (Å²) in [5.41, 5.74) is 6.09. The van der Waals surface area contributed by atoms with Crippen molar-refractivity contribution < 1.29 is 9.59 Å². The van der Waals surface area contributed by atoms with Crippen LogP contribution in [0.4, 0.5) is 5.69 Å². The van der Waals surface area contributed by atoms with Gasteiger partial charge in [-0.3, -0.25) is 14.5 Å². The molecule has 2 amide bonds. The highest BCUT2D eigenvalue weighted by atomic mass is 16.2. The van der Waals surface area contributed by atoms with Crippen molar-refractivity contribution in [3.63, 3.8) is 0 Å². The molecular weight excluding hydrogens is 268 g/mol. The monoisotopic (exact) mass is 290 g/mol. The van der Waals surface area contributed by atoms with Gasteiger partial charge in [0.05, 0.1) is 17.8 Å². The number of anilines is 1. The lowest BCUT2D eigenvalue weighted by Gasteiger charge is -2.31. The Labute approximate surface area is 124 Å². The van der Waals surface area contributed by atoms with E-state index in [0.29, 0.717) is 23.8 Å². The van der Waals surface area contributed by atoms with Gasteiger partial charge in [-0.1, -0.05) is 12.1 Å². The second-order valence-electron chi connectivity index (χ2n) is 5.37. The maximum Gasteiger partial charge on any atom is 0.250 e. The zero-order valence-electron chi connectivity index (χ0n) is 12.3. The molecule has 1 heterocycles. The molecule has 4 N–H and O–H groups in total. The molecule has 0 aromatic heterocycles. The van der Waals surface area contributed by atoms with Crippen molar-refractivity contribution in [2.24, 2.45) is 5.73 Å². The van der Waals surface area contributed by atoms with Gasteiger partial charge in [0.2, 0.25) is 5.91 Å². The number of nitrogens with one attached hydrogen (secondary N) is 2.